The first kappa shape index (κ1) is 11.7. The number of pyridine rings is 1. The maximum Gasteiger partial charge on any atom is 0.287 e. The number of hydrogen-bond donors (Lipinski definition) is 0. The van der Waals surface area contributed by atoms with Crippen LogP contribution in [-0.2, 0) is 6.67 Å². The lowest BCUT2D eigenvalue weighted by Gasteiger charge is -2.07. The summed E-state index contributed by atoms with van der Waals surface area (Å²) in [4.78, 5) is 15.4. The number of carbonyl (C=O) groups is 1. The highest BCUT2D eigenvalue weighted by molar-refractivity contribution is 8.31. The monoisotopic (exact) mass is 226 g/mol. The highest BCUT2D eigenvalue weighted by Crippen LogP contribution is 2.16. The fourth-order valence-corrected chi connectivity index (χ4v) is 1.95. The average Bonchev–Trinajstić information content (AvgIpc) is 2.17. The van der Waals surface area contributed by atoms with Crippen molar-refractivity contribution in [1.29, 1.82) is 0 Å². The predicted molar refractivity (Wildman–Crippen MR) is 57.6 cm³/mol. The Balaban J connectivity index is 3.24. The standard InChI is InChI=1S/C9H10FNOS.Al.H/c1-5-3-6(2)8(9(12)13)11-7(5)4-10;;/h3H,4H2,1-2H3,(H,12,13);;/q;+1;/p-1. The number of carbonyl (C=O) groups excluding carboxylic acids is 1. The summed E-state index contributed by atoms with van der Waals surface area (Å²) in [5, 5.41) is -0.101. The van der Waals surface area contributed by atoms with Gasteiger partial charge in [0.2, 0.25) is 5.12 Å². The summed E-state index contributed by atoms with van der Waals surface area (Å²) in [7, 11) is 1.12. The van der Waals surface area contributed by atoms with Crippen molar-refractivity contribution in [2.45, 2.75) is 20.5 Å². The Labute approximate surface area is 93.8 Å². The number of alkyl halides is 1. The van der Waals surface area contributed by atoms with Crippen molar-refractivity contribution >= 4 is 30.4 Å². The van der Waals surface area contributed by atoms with E-state index in [-0.39, 0.29) is 5.12 Å². The topological polar surface area (TPSA) is 30.0 Å². The first-order valence-electron chi connectivity index (χ1n) is 4.09. The Kier molecular flexibility index (Phi) is 4.12. The highest BCUT2D eigenvalue weighted by atomic mass is 32.3. The average molecular weight is 226 g/mol. The molecule has 2 nitrogen and oxygen atoms in total. The van der Waals surface area contributed by atoms with Crippen LogP contribution in [-0.4, -0.2) is 25.3 Å². The highest BCUT2D eigenvalue weighted by Gasteiger charge is 2.11. The molecule has 0 aliphatic rings. The molecule has 0 saturated carbocycles. The Hall–Kier alpha value is -0.368. The molecule has 0 N–H and O–H groups in total. The third-order valence-electron chi connectivity index (χ3n) is 1.96. The molecule has 0 amide bonds. The van der Waals surface area contributed by atoms with E-state index in [1.165, 1.54) is 15.2 Å². The molecular formula is C9H10AlFNOS. The molecule has 0 spiro atoms. The van der Waals surface area contributed by atoms with Crippen molar-refractivity contribution in [3.8, 4) is 0 Å². The number of rotatable bonds is 2. The molecule has 0 unspecified atom stereocenters. The van der Waals surface area contributed by atoms with Crippen molar-refractivity contribution in [2.24, 2.45) is 0 Å². The van der Waals surface area contributed by atoms with E-state index in [2.05, 4.69) is 4.98 Å². The molecule has 0 aliphatic heterocycles. The fraction of sp³-hybridized carbons (Fsp3) is 0.333. The normalized spacial score (nSPS) is 10.2. The van der Waals surface area contributed by atoms with Gasteiger partial charge in [-0.05, 0) is 25.0 Å². The van der Waals surface area contributed by atoms with Gasteiger partial charge < -0.3 is 0 Å². The fourth-order valence-electron chi connectivity index (χ4n) is 1.20. The summed E-state index contributed by atoms with van der Waals surface area (Å²) < 4.78 is 12.5. The zero-order valence-corrected chi connectivity index (χ0v) is 10.4. The maximum absolute atomic E-state index is 12.5. The molecule has 0 saturated heterocycles. The minimum Gasteiger partial charge on any atom is -0.282 e. The summed E-state index contributed by atoms with van der Waals surface area (Å²) in [5.74, 6) is 0. The van der Waals surface area contributed by atoms with Crippen molar-refractivity contribution < 1.29 is 9.18 Å². The molecule has 1 heterocycles. The minimum absolute atomic E-state index is 0.101. The van der Waals surface area contributed by atoms with Crippen molar-refractivity contribution in [3.05, 3.63) is 28.6 Å². The summed E-state index contributed by atoms with van der Waals surface area (Å²) in [6, 6.07) is 1.80. The second kappa shape index (κ2) is 4.92. The summed E-state index contributed by atoms with van der Waals surface area (Å²) in [6.45, 7) is 2.99. The molecule has 0 aliphatic carbocycles. The number of nitrogens with zero attached hydrogens (tertiary/aromatic N) is 1. The van der Waals surface area contributed by atoms with Crippen LogP contribution in [0.15, 0.2) is 6.07 Å². The molecular weight excluding hydrogens is 216 g/mol. The van der Waals surface area contributed by atoms with Crippen LogP contribution in [0.5, 0.6) is 0 Å². The first-order valence-corrected chi connectivity index (χ1v) is 6.81. The molecule has 1 rings (SSSR count). The van der Waals surface area contributed by atoms with Crippen LogP contribution in [0.2, 0.25) is 0 Å². The van der Waals surface area contributed by atoms with Gasteiger partial charge in [-0.25, -0.2) is 19.5 Å². The van der Waals surface area contributed by atoms with Gasteiger partial charge in [0.25, 0.3) is 15.2 Å². The molecule has 1 radical (unpaired) electrons. The SMILES string of the molecule is Cc1cc(C)c(C(=O)[S][AlH])nc1CF. The largest absolute Gasteiger partial charge is 0.287 e. The summed E-state index contributed by atoms with van der Waals surface area (Å²) in [5.41, 5.74) is 2.34. The van der Waals surface area contributed by atoms with Crippen LogP contribution in [0.1, 0.15) is 27.3 Å². The molecule has 0 aromatic carbocycles. The van der Waals surface area contributed by atoms with E-state index in [0.29, 0.717) is 11.4 Å². The van der Waals surface area contributed by atoms with Gasteiger partial charge in [0.15, 0.2) is 0 Å². The number of halogens is 1. The summed E-state index contributed by atoms with van der Waals surface area (Å²) >= 11 is 1.50. The zero-order chi connectivity index (χ0) is 10.7. The quantitative estimate of drug-likeness (QED) is 0.721. The Morgan fingerprint density at radius 1 is 1.57 bits per heavy atom. The molecule has 0 fully saturated rings. The van der Waals surface area contributed by atoms with Gasteiger partial charge in [0.1, 0.15) is 12.4 Å². The van der Waals surface area contributed by atoms with Crippen LogP contribution >= 0.6 is 10.1 Å². The van der Waals surface area contributed by atoms with Crippen molar-refractivity contribution in [3.63, 3.8) is 0 Å². The molecule has 1 aromatic heterocycles. The maximum atomic E-state index is 12.5. The molecule has 0 bridgehead atoms. The second-order valence-corrected chi connectivity index (χ2v) is 4.51. The van der Waals surface area contributed by atoms with E-state index in [9.17, 15) is 9.18 Å². The minimum atomic E-state index is -0.622. The van der Waals surface area contributed by atoms with Gasteiger partial charge in [-0.1, -0.05) is 6.07 Å². The van der Waals surface area contributed by atoms with Gasteiger partial charge in [-0.15, -0.1) is 0 Å². The smallest absolute Gasteiger partial charge is 0.282 e. The molecule has 0 atom stereocenters. The Morgan fingerprint density at radius 2 is 2.21 bits per heavy atom. The van der Waals surface area contributed by atoms with Crippen LogP contribution in [0.4, 0.5) is 4.39 Å². The van der Waals surface area contributed by atoms with E-state index in [1.54, 1.807) is 13.0 Å². The van der Waals surface area contributed by atoms with Gasteiger partial charge >= 0.3 is 0 Å². The lowest BCUT2D eigenvalue weighted by atomic mass is 10.1. The van der Waals surface area contributed by atoms with Gasteiger partial charge in [0, 0.05) is 0 Å². The molecule has 73 valence electrons. The second-order valence-electron chi connectivity index (χ2n) is 2.98. The van der Waals surface area contributed by atoms with Gasteiger partial charge in [0.05, 0.1) is 5.69 Å². The van der Waals surface area contributed by atoms with Crippen LogP contribution in [0.3, 0.4) is 0 Å². The number of hydrogen-bond acceptors (Lipinski definition) is 3. The lowest BCUT2D eigenvalue weighted by Crippen LogP contribution is -2.05. The van der Waals surface area contributed by atoms with E-state index in [4.69, 9.17) is 0 Å². The first-order chi connectivity index (χ1) is 6.60. The van der Waals surface area contributed by atoms with Crippen molar-refractivity contribution in [1.82, 2.24) is 4.98 Å². The van der Waals surface area contributed by atoms with Crippen LogP contribution < -0.4 is 0 Å². The Bertz CT molecular complexity index is 370. The lowest BCUT2D eigenvalue weighted by molar-refractivity contribution is 0.108. The molecule has 1 aromatic rings. The predicted octanol–water partition coefficient (Wildman–Crippen LogP) is 1.86. The van der Waals surface area contributed by atoms with Gasteiger partial charge in [-0.3, -0.25) is 4.79 Å². The summed E-state index contributed by atoms with van der Waals surface area (Å²) in [6.07, 6.45) is 0. The van der Waals surface area contributed by atoms with Gasteiger partial charge in [-0.2, -0.15) is 0 Å². The van der Waals surface area contributed by atoms with E-state index in [1.807, 2.05) is 6.92 Å². The molecule has 5 heteroatoms. The molecule has 14 heavy (non-hydrogen) atoms. The zero-order valence-electron chi connectivity index (χ0n) is 8.13. The third-order valence-corrected chi connectivity index (χ3v) is 3.20. The van der Waals surface area contributed by atoms with Crippen LogP contribution in [0.25, 0.3) is 0 Å². The third kappa shape index (κ3) is 2.35. The van der Waals surface area contributed by atoms with E-state index < -0.39 is 6.67 Å². The van der Waals surface area contributed by atoms with E-state index in [0.717, 1.165) is 21.3 Å². The van der Waals surface area contributed by atoms with Crippen molar-refractivity contribution in [2.75, 3.05) is 0 Å². The number of aryl methyl sites for hydroxylation is 2. The van der Waals surface area contributed by atoms with E-state index >= 15 is 0 Å². The Morgan fingerprint density at radius 3 is 2.71 bits per heavy atom. The van der Waals surface area contributed by atoms with Crippen LogP contribution in [0, 0.1) is 13.8 Å². The number of aromatic nitrogens is 1.